The van der Waals surface area contributed by atoms with Crippen molar-refractivity contribution in [3.05, 3.63) is 35.5 Å². The molecule has 0 bridgehead atoms. The maximum atomic E-state index is 12.5. The normalized spacial score (nSPS) is 21.8. The highest BCUT2D eigenvalue weighted by atomic mass is 16.3. The molecule has 0 unspecified atom stereocenters. The molecular formula is C15H20N4O3. The van der Waals surface area contributed by atoms with E-state index in [0.29, 0.717) is 30.0 Å². The molecule has 118 valence electrons. The number of aromatic nitrogens is 3. The van der Waals surface area contributed by atoms with E-state index < -0.39 is 5.60 Å². The Morgan fingerprint density at radius 3 is 2.86 bits per heavy atom. The van der Waals surface area contributed by atoms with Crippen LogP contribution in [0.3, 0.4) is 0 Å². The molecule has 0 aliphatic carbocycles. The molecule has 1 amide bonds. The monoisotopic (exact) mass is 304 g/mol. The number of aliphatic hydroxyl groups is 1. The quantitative estimate of drug-likeness (QED) is 0.928. The number of likely N-dealkylation sites (tertiary alicyclic amines) is 1. The van der Waals surface area contributed by atoms with Crippen LogP contribution in [0.2, 0.25) is 0 Å². The van der Waals surface area contributed by atoms with Gasteiger partial charge in [-0.2, -0.15) is 0 Å². The highest BCUT2D eigenvalue weighted by molar-refractivity contribution is 5.95. The van der Waals surface area contributed by atoms with E-state index >= 15 is 0 Å². The van der Waals surface area contributed by atoms with Gasteiger partial charge in [-0.1, -0.05) is 5.21 Å². The molecule has 0 aromatic carbocycles. The van der Waals surface area contributed by atoms with Crippen LogP contribution >= 0.6 is 0 Å². The summed E-state index contributed by atoms with van der Waals surface area (Å²) in [7, 11) is 0. The lowest BCUT2D eigenvalue weighted by Crippen LogP contribution is -2.34. The first-order valence-corrected chi connectivity index (χ1v) is 7.39. The van der Waals surface area contributed by atoms with E-state index in [9.17, 15) is 9.90 Å². The number of rotatable bonds is 3. The standard InChI is InChI=1S/C15H20N4O3/c1-10(2)19-8-13(16-17-19)15(21)5-6-18(9-15)14(20)12-4-7-22-11(12)3/h4,7-8,10,21H,5-6,9H2,1-3H3/t15-/m0/s1. The van der Waals surface area contributed by atoms with E-state index in [1.54, 1.807) is 28.8 Å². The molecule has 22 heavy (non-hydrogen) atoms. The van der Waals surface area contributed by atoms with Crippen molar-refractivity contribution in [1.82, 2.24) is 19.9 Å². The highest BCUT2D eigenvalue weighted by Gasteiger charge is 2.42. The smallest absolute Gasteiger partial charge is 0.257 e. The third-order valence-corrected chi connectivity index (χ3v) is 4.14. The second-order valence-corrected chi connectivity index (χ2v) is 6.08. The second kappa shape index (κ2) is 5.24. The van der Waals surface area contributed by atoms with E-state index in [4.69, 9.17) is 4.42 Å². The number of nitrogens with zero attached hydrogens (tertiary/aromatic N) is 4. The van der Waals surface area contributed by atoms with Crippen molar-refractivity contribution < 1.29 is 14.3 Å². The molecule has 1 N–H and O–H groups in total. The minimum atomic E-state index is -1.14. The predicted octanol–water partition coefficient (Wildman–Crippen LogP) is 1.49. The molecule has 0 radical (unpaired) electrons. The van der Waals surface area contributed by atoms with Crippen molar-refractivity contribution in [3.8, 4) is 0 Å². The fourth-order valence-electron chi connectivity index (χ4n) is 2.70. The van der Waals surface area contributed by atoms with Gasteiger partial charge in [-0.25, -0.2) is 4.68 Å². The van der Waals surface area contributed by atoms with E-state index in [1.807, 2.05) is 13.8 Å². The highest BCUT2D eigenvalue weighted by Crippen LogP contribution is 2.32. The summed E-state index contributed by atoms with van der Waals surface area (Å²) >= 11 is 0. The van der Waals surface area contributed by atoms with E-state index in [0.717, 1.165) is 0 Å². The predicted molar refractivity (Wildman–Crippen MR) is 78.3 cm³/mol. The van der Waals surface area contributed by atoms with Crippen LogP contribution in [-0.4, -0.2) is 44.0 Å². The van der Waals surface area contributed by atoms with Gasteiger partial charge < -0.3 is 14.4 Å². The third kappa shape index (κ3) is 2.41. The summed E-state index contributed by atoms with van der Waals surface area (Å²) in [6.45, 7) is 6.44. The lowest BCUT2D eigenvalue weighted by atomic mass is 10.00. The first-order valence-electron chi connectivity index (χ1n) is 7.39. The van der Waals surface area contributed by atoms with Crippen molar-refractivity contribution in [1.29, 1.82) is 0 Å². The van der Waals surface area contributed by atoms with Crippen LogP contribution in [-0.2, 0) is 5.60 Å². The average Bonchev–Trinajstić information content (AvgIpc) is 3.17. The van der Waals surface area contributed by atoms with Crippen LogP contribution < -0.4 is 0 Å². The first-order chi connectivity index (χ1) is 10.4. The fraction of sp³-hybridized carbons (Fsp3) is 0.533. The first kappa shape index (κ1) is 14.8. The Bertz CT molecular complexity index is 691. The molecule has 3 heterocycles. The van der Waals surface area contributed by atoms with Gasteiger partial charge in [0.1, 0.15) is 17.1 Å². The van der Waals surface area contributed by atoms with Gasteiger partial charge in [0.15, 0.2) is 0 Å². The summed E-state index contributed by atoms with van der Waals surface area (Å²) < 4.78 is 6.88. The minimum absolute atomic E-state index is 0.126. The SMILES string of the molecule is Cc1occc1C(=O)N1CC[C@@](O)(c2cn(C(C)C)nn2)C1. The van der Waals surface area contributed by atoms with Crippen LogP contribution in [0, 0.1) is 6.92 Å². The number of furan rings is 1. The Morgan fingerprint density at radius 1 is 1.50 bits per heavy atom. The van der Waals surface area contributed by atoms with Crippen LogP contribution in [0.5, 0.6) is 0 Å². The molecule has 1 fully saturated rings. The van der Waals surface area contributed by atoms with Gasteiger partial charge in [0.2, 0.25) is 0 Å². The van der Waals surface area contributed by atoms with Gasteiger partial charge in [0.05, 0.1) is 24.6 Å². The van der Waals surface area contributed by atoms with Gasteiger partial charge in [-0.3, -0.25) is 4.79 Å². The van der Waals surface area contributed by atoms with Crippen LogP contribution in [0.1, 0.15) is 48.1 Å². The maximum Gasteiger partial charge on any atom is 0.257 e. The molecule has 0 saturated carbocycles. The lowest BCUT2D eigenvalue weighted by Gasteiger charge is -2.21. The van der Waals surface area contributed by atoms with Crippen LogP contribution in [0.25, 0.3) is 0 Å². The summed E-state index contributed by atoms with van der Waals surface area (Å²) in [6.07, 6.45) is 3.70. The van der Waals surface area contributed by atoms with Crippen LogP contribution in [0.4, 0.5) is 0 Å². The molecule has 7 heteroatoms. The average molecular weight is 304 g/mol. The molecule has 2 aromatic heterocycles. The summed E-state index contributed by atoms with van der Waals surface area (Å²) in [5, 5.41) is 18.9. The van der Waals surface area contributed by atoms with Crippen molar-refractivity contribution in [2.24, 2.45) is 0 Å². The number of carbonyl (C=O) groups is 1. The third-order valence-electron chi connectivity index (χ3n) is 4.14. The Hall–Kier alpha value is -2.15. The molecule has 1 aliphatic rings. The largest absolute Gasteiger partial charge is 0.469 e. The zero-order valence-electron chi connectivity index (χ0n) is 13.0. The van der Waals surface area contributed by atoms with Crippen LogP contribution in [0.15, 0.2) is 22.9 Å². The van der Waals surface area contributed by atoms with Gasteiger partial charge >= 0.3 is 0 Å². The molecular weight excluding hydrogens is 284 g/mol. The minimum Gasteiger partial charge on any atom is -0.469 e. The molecule has 7 nitrogen and oxygen atoms in total. The molecule has 2 aromatic rings. The summed E-state index contributed by atoms with van der Waals surface area (Å²) in [5.74, 6) is 0.463. The topological polar surface area (TPSA) is 84.4 Å². The van der Waals surface area contributed by atoms with Crippen molar-refractivity contribution in [2.45, 2.75) is 38.8 Å². The summed E-state index contributed by atoms with van der Waals surface area (Å²) in [4.78, 5) is 14.1. The van der Waals surface area contributed by atoms with E-state index in [-0.39, 0.29) is 18.5 Å². The molecule has 0 spiro atoms. The number of aryl methyl sites for hydroxylation is 1. The maximum absolute atomic E-state index is 12.5. The zero-order valence-corrected chi connectivity index (χ0v) is 13.0. The lowest BCUT2D eigenvalue weighted by molar-refractivity contribution is 0.0381. The number of hydrogen-bond donors (Lipinski definition) is 1. The van der Waals surface area contributed by atoms with Gasteiger partial charge in [-0.05, 0) is 26.8 Å². The van der Waals surface area contributed by atoms with E-state index in [2.05, 4.69) is 10.3 Å². The number of β-amino-alcohol motifs (C(OH)–C–C–N with tert-alkyl or cyclic N) is 1. The fourth-order valence-corrected chi connectivity index (χ4v) is 2.70. The summed E-state index contributed by atoms with van der Waals surface area (Å²) in [6, 6.07) is 1.84. The number of carbonyl (C=O) groups excluding carboxylic acids is 1. The zero-order chi connectivity index (χ0) is 15.9. The summed E-state index contributed by atoms with van der Waals surface area (Å²) in [5.41, 5.74) is -0.0871. The molecule has 1 saturated heterocycles. The van der Waals surface area contributed by atoms with Gasteiger partial charge in [0, 0.05) is 19.0 Å². The Labute approximate surface area is 128 Å². The van der Waals surface area contributed by atoms with Gasteiger partial charge in [0.25, 0.3) is 5.91 Å². The Morgan fingerprint density at radius 2 is 2.27 bits per heavy atom. The van der Waals surface area contributed by atoms with Crippen molar-refractivity contribution in [3.63, 3.8) is 0 Å². The number of amides is 1. The molecule has 3 rings (SSSR count). The second-order valence-electron chi connectivity index (χ2n) is 6.08. The number of hydrogen-bond acceptors (Lipinski definition) is 5. The molecule has 1 aliphatic heterocycles. The van der Waals surface area contributed by atoms with E-state index in [1.165, 1.54) is 6.26 Å². The van der Waals surface area contributed by atoms with Crippen molar-refractivity contribution in [2.75, 3.05) is 13.1 Å². The van der Waals surface area contributed by atoms with Crippen molar-refractivity contribution >= 4 is 5.91 Å². The Balaban J connectivity index is 1.78. The van der Waals surface area contributed by atoms with Gasteiger partial charge in [-0.15, -0.1) is 5.10 Å². The Kier molecular flexibility index (Phi) is 3.52. The molecule has 1 atom stereocenters.